The summed E-state index contributed by atoms with van der Waals surface area (Å²) in [4.78, 5) is 40.6. The zero-order chi connectivity index (χ0) is 19.1. The molecule has 3 aromatic rings. The largest absolute Gasteiger partial charge is 0.341 e. The quantitative estimate of drug-likeness (QED) is 0.698. The van der Waals surface area contributed by atoms with Crippen LogP contribution in [0.1, 0.15) is 24.0 Å². The van der Waals surface area contributed by atoms with Crippen LogP contribution in [0.25, 0.3) is 15.9 Å². The van der Waals surface area contributed by atoms with Crippen LogP contribution < -0.4 is 11.2 Å². The van der Waals surface area contributed by atoms with Crippen LogP contribution >= 0.6 is 11.3 Å². The maximum atomic E-state index is 13.2. The number of carbonyl (C=O) groups is 1. The zero-order valence-electron chi connectivity index (χ0n) is 15.4. The Labute approximate surface area is 160 Å². The highest BCUT2D eigenvalue weighted by atomic mass is 32.1. The number of nitrogens with zero attached hydrogens (tertiary/aromatic N) is 3. The van der Waals surface area contributed by atoms with Gasteiger partial charge in [-0.25, -0.2) is 9.36 Å². The van der Waals surface area contributed by atoms with Crippen molar-refractivity contribution in [3.63, 3.8) is 0 Å². The molecule has 4 rings (SSSR count). The van der Waals surface area contributed by atoms with Crippen LogP contribution in [-0.4, -0.2) is 33.0 Å². The van der Waals surface area contributed by atoms with E-state index < -0.39 is 5.69 Å². The third-order valence-electron chi connectivity index (χ3n) is 5.26. The summed E-state index contributed by atoms with van der Waals surface area (Å²) in [7, 11) is 0. The van der Waals surface area contributed by atoms with Gasteiger partial charge in [-0.05, 0) is 61.4 Å². The van der Waals surface area contributed by atoms with E-state index in [-0.39, 0.29) is 18.0 Å². The van der Waals surface area contributed by atoms with E-state index in [1.165, 1.54) is 20.5 Å². The molecule has 7 heteroatoms. The minimum atomic E-state index is -0.471. The van der Waals surface area contributed by atoms with Crippen molar-refractivity contribution in [3.8, 4) is 5.69 Å². The third-order valence-corrected chi connectivity index (χ3v) is 6.15. The molecule has 1 aromatic carbocycles. The van der Waals surface area contributed by atoms with Crippen molar-refractivity contribution in [2.45, 2.75) is 33.2 Å². The van der Waals surface area contributed by atoms with Crippen LogP contribution in [-0.2, 0) is 11.3 Å². The SMILES string of the molecule is Cc1ccc(-n2c(=O)c3sccc3n(CC(=O)N3CCCC3)c2=O)cc1C. The summed E-state index contributed by atoms with van der Waals surface area (Å²) in [6.07, 6.45) is 1.99. The standard InChI is InChI=1S/C20H21N3O3S/c1-13-5-6-15(11-14(13)2)23-19(25)18-16(7-10-27-18)22(20(23)26)12-17(24)21-8-3-4-9-21/h5-7,10-11H,3-4,8-9,12H2,1-2H3. The molecule has 0 spiro atoms. The fourth-order valence-electron chi connectivity index (χ4n) is 3.53. The van der Waals surface area contributed by atoms with Crippen molar-refractivity contribution in [2.75, 3.05) is 13.1 Å². The lowest BCUT2D eigenvalue weighted by Crippen LogP contribution is -2.42. The van der Waals surface area contributed by atoms with Crippen molar-refractivity contribution >= 4 is 27.5 Å². The molecule has 6 nitrogen and oxygen atoms in total. The minimum Gasteiger partial charge on any atom is -0.341 e. The van der Waals surface area contributed by atoms with Gasteiger partial charge < -0.3 is 4.90 Å². The number of fused-ring (bicyclic) bond motifs is 1. The molecule has 0 atom stereocenters. The molecule has 0 unspecified atom stereocenters. The molecule has 0 N–H and O–H groups in total. The highest BCUT2D eigenvalue weighted by Crippen LogP contribution is 2.18. The Hall–Kier alpha value is -2.67. The van der Waals surface area contributed by atoms with E-state index in [1.807, 2.05) is 26.0 Å². The topological polar surface area (TPSA) is 64.3 Å². The number of carbonyl (C=O) groups excluding carboxylic acids is 1. The highest BCUT2D eigenvalue weighted by Gasteiger charge is 2.22. The molecule has 1 aliphatic heterocycles. The molecule has 3 heterocycles. The van der Waals surface area contributed by atoms with E-state index >= 15 is 0 Å². The fraction of sp³-hybridized carbons (Fsp3) is 0.350. The monoisotopic (exact) mass is 383 g/mol. The first kappa shape index (κ1) is 17.7. The van der Waals surface area contributed by atoms with E-state index in [2.05, 4.69) is 0 Å². The van der Waals surface area contributed by atoms with E-state index in [1.54, 1.807) is 22.4 Å². The lowest BCUT2D eigenvalue weighted by molar-refractivity contribution is -0.130. The van der Waals surface area contributed by atoms with Gasteiger partial charge in [-0.2, -0.15) is 0 Å². The summed E-state index contributed by atoms with van der Waals surface area (Å²) in [5.74, 6) is -0.0765. The van der Waals surface area contributed by atoms with Crippen LogP contribution in [0.15, 0.2) is 39.2 Å². The van der Waals surface area contributed by atoms with Gasteiger partial charge in [-0.3, -0.25) is 14.2 Å². The second kappa shape index (κ2) is 6.81. The first-order valence-electron chi connectivity index (χ1n) is 9.06. The van der Waals surface area contributed by atoms with Crippen LogP contribution in [0.5, 0.6) is 0 Å². The second-order valence-electron chi connectivity index (χ2n) is 7.00. The van der Waals surface area contributed by atoms with Gasteiger partial charge in [0, 0.05) is 13.1 Å². The fourth-order valence-corrected chi connectivity index (χ4v) is 4.36. The molecule has 1 aliphatic rings. The van der Waals surface area contributed by atoms with Gasteiger partial charge in [0.1, 0.15) is 11.2 Å². The number of benzene rings is 1. The number of amides is 1. The molecule has 0 radical (unpaired) electrons. The summed E-state index contributed by atoms with van der Waals surface area (Å²) >= 11 is 1.29. The number of hydrogen-bond donors (Lipinski definition) is 0. The first-order chi connectivity index (χ1) is 13.0. The first-order valence-corrected chi connectivity index (χ1v) is 9.94. The molecule has 2 aromatic heterocycles. The van der Waals surface area contributed by atoms with Gasteiger partial charge in [0.25, 0.3) is 5.56 Å². The Morgan fingerprint density at radius 2 is 1.81 bits per heavy atom. The Bertz CT molecular complexity index is 1150. The van der Waals surface area contributed by atoms with Gasteiger partial charge in [0.05, 0.1) is 11.2 Å². The zero-order valence-corrected chi connectivity index (χ0v) is 16.2. The second-order valence-corrected chi connectivity index (χ2v) is 7.92. The third kappa shape index (κ3) is 3.02. The van der Waals surface area contributed by atoms with Crippen molar-refractivity contribution in [3.05, 3.63) is 61.6 Å². The average molecular weight is 383 g/mol. The van der Waals surface area contributed by atoms with Gasteiger partial charge >= 0.3 is 5.69 Å². The van der Waals surface area contributed by atoms with Gasteiger partial charge in [0.2, 0.25) is 5.91 Å². The van der Waals surface area contributed by atoms with Crippen LogP contribution in [0.2, 0.25) is 0 Å². The predicted octanol–water partition coefficient (Wildman–Crippen LogP) is 2.45. The molecule has 1 fully saturated rings. The van der Waals surface area contributed by atoms with Crippen LogP contribution in [0, 0.1) is 13.8 Å². The Kier molecular flexibility index (Phi) is 4.47. The Morgan fingerprint density at radius 3 is 2.52 bits per heavy atom. The number of aryl methyl sites for hydroxylation is 2. The van der Waals surface area contributed by atoms with Crippen LogP contribution in [0.3, 0.4) is 0 Å². The molecule has 1 amide bonds. The summed E-state index contributed by atoms with van der Waals surface area (Å²) < 4.78 is 3.10. The molecule has 0 saturated carbocycles. The summed E-state index contributed by atoms with van der Waals surface area (Å²) in [5.41, 5.74) is 2.35. The predicted molar refractivity (Wildman–Crippen MR) is 107 cm³/mol. The van der Waals surface area contributed by atoms with Crippen molar-refractivity contribution < 1.29 is 4.79 Å². The summed E-state index contributed by atoms with van der Waals surface area (Å²) in [5, 5.41) is 1.78. The van der Waals surface area contributed by atoms with Crippen molar-refractivity contribution in [1.82, 2.24) is 14.0 Å². The number of thiophene rings is 1. The van der Waals surface area contributed by atoms with Gasteiger partial charge in [-0.15, -0.1) is 11.3 Å². The number of hydrogen-bond acceptors (Lipinski definition) is 4. The molecular weight excluding hydrogens is 362 g/mol. The Morgan fingerprint density at radius 1 is 1.07 bits per heavy atom. The van der Waals surface area contributed by atoms with E-state index in [0.717, 1.165) is 37.1 Å². The minimum absolute atomic E-state index is 0.0445. The molecule has 27 heavy (non-hydrogen) atoms. The van der Waals surface area contributed by atoms with Crippen molar-refractivity contribution in [1.29, 1.82) is 0 Å². The molecule has 140 valence electrons. The van der Waals surface area contributed by atoms with E-state index in [4.69, 9.17) is 0 Å². The molecule has 0 bridgehead atoms. The lowest BCUT2D eigenvalue weighted by Gasteiger charge is -2.17. The lowest BCUT2D eigenvalue weighted by atomic mass is 10.1. The van der Waals surface area contributed by atoms with Crippen LogP contribution in [0.4, 0.5) is 0 Å². The van der Waals surface area contributed by atoms with Gasteiger partial charge in [-0.1, -0.05) is 6.07 Å². The number of aromatic nitrogens is 2. The highest BCUT2D eigenvalue weighted by molar-refractivity contribution is 7.17. The normalized spacial score (nSPS) is 14.2. The Balaban J connectivity index is 1.90. The maximum Gasteiger partial charge on any atom is 0.336 e. The maximum absolute atomic E-state index is 13.2. The summed E-state index contributed by atoms with van der Waals surface area (Å²) in [6.45, 7) is 5.35. The molecular formula is C20H21N3O3S. The van der Waals surface area contributed by atoms with Crippen molar-refractivity contribution in [2.24, 2.45) is 0 Å². The van der Waals surface area contributed by atoms with Gasteiger partial charge in [0.15, 0.2) is 0 Å². The summed E-state index contributed by atoms with van der Waals surface area (Å²) in [6, 6.07) is 7.25. The smallest absolute Gasteiger partial charge is 0.336 e. The van der Waals surface area contributed by atoms with E-state index in [9.17, 15) is 14.4 Å². The average Bonchev–Trinajstić information content (AvgIpc) is 3.33. The number of likely N-dealkylation sites (tertiary alicyclic amines) is 1. The number of rotatable bonds is 3. The van der Waals surface area contributed by atoms with E-state index in [0.29, 0.717) is 15.9 Å². The molecule has 1 saturated heterocycles. The molecule has 0 aliphatic carbocycles.